The van der Waals surface area contributed by atoms with Crippen molar-refractivity contribution >= 4 is 13.5 Å². The second kappa shape index (κ2) is 9.85. The van der Waals surface area contributed by atoms with Crippen LogP contribution in [0.15, 0.2) is 36.7 Å². The second-order valence-corrected chi connectivity index (χ2v) is 7.62. The fourth-order valence-electron chi connectivity index (χ4n) is 2.64. The molecule has 0 aliphatic rings. The van der Waals surface area contributed by atoms with E-state index in [9.17, 15) is 9.67 Å². The molecule has 2 rings (SSSR count). The Bertz CT molecular complexity index is 752. The summed E-state index contributed by atoms with van der Waals surface area (Å²) < 4.78 is 29.3. The quantitative estimate of drug-likeness (QED) is 0.562. The van der Waals surface area contributed by atoms with Gasteiger partial charge in [0.15, 0.2) is 0 Å². The van der Waals surface area contributed by atoms with Crippen molar-refractivity contribution in [2.24, 2.45) is 0 Å². The fourth-order valence-corrected chi connectivity index (χ4v) is 3.98. The highest BCUT2D eigenvalue weighted by Crippen LogP contribution is 2.53. The number of benzene rings is 1. The Kier molecular flexibility index (Phi) is 7.80. The van der Waals surface area contributed by atoms with E-state index in [2.05, 4.69) is 10.3 Å². The van der Waals surface area contributed by atoms with Gasteiger partial charge in [0.05, 0.1) is 18.9 Å². The number of pyridine rings is 1. The molecule has 1 atom stereocenters. The number of aromatic hydroxyl groups is 1. The van der Waals surface area contributed by atoms with Gasteiger partial charge in [0.1, 0.15) is 11.9 Å². The van der Waals surface area contributed by atoms with Crippen LogP contribution in [0.25, 0.3) is 0 Å². The Hall–Kier alpha value is -1.92. The highest BCUT2D eigenvalue weighted by Gasteiger charge is 2.31. The largest absolute Gasteiger partial charge is 0.507 e. The van der Waals surface area contributed by atoms with E-state index in [1.54, 1.807) is 38.4 Å². The number of nitrogens with one attached hydrogen (secondary N) is 1. The predicted molar refractivity (Wildman–Crippen MR) is 105 cm³/mol. The zero-order valence-corrected chi connectivity index (χ0v) is 17.0. The molecule has 1 unspecified atom stereocenters. The number of hydrogen-bond acceptors (Lipinski definition) is 7. The van der Waals surface area contributed by atoms with Gasteiger partial charge in [-0.3, -0.25) is 18.6 Å². The maximum Gasteiger partial charge on any atom is 0.475 e. The van der Waals surface area contributed by atoms with E-state index in [4.69, 9.17) is 13.6 Å². The van der Waals surface area contributed by atoms with Crippen LogP contribution < -0.4 is 5.32 Å². The van der Waals surface area contributed by atoms with Gasteiger partial charge in [0, 0.05) is 18.9 Å². The number of anilines is 1. The van der Waals surface area contributed by atoms with Crippen LogP contribution in [0, 0.1) is 13.8 Å². The Labute approximate surface area is 160 Å². The van der Waals surface area contributed by atoms with Gasteiger partial charge in [-0.15, -0.1) is 0 Å². The summed E-state index contributed by atoms with van der Waals surface area (Å²) in [7, 11) is -3.72. The third kappa shape index (κ3) is 6.04. The molecule has 7 nitrogen and oxygen atoms in total. The number of nitrogens with zero attached hydrogens (tertiary/aromatic N) is 1. The molecule has 0 aliphatic heterocycles. The van der Waals surface area contributed by atoms with Gasteiger partial charge in [-0.1, -0.05) is 0 Å². The monoisotopic (exact) mass is 394 g/mol. The first-order valence-electron chi connectivity index (χ1n) is 8.90. The Morgan fingerprint density at radius 1 is 1.19 bits per heavy atom. The first-order valence-corrected chi connectivity index (χ1v) is 10.4. The number of rotatable bonds is 10. The lowest BCUT2D eigenvalue weighted by Gasteiger charge is -2.25. The van der Waals surface area contributed by atoms with Crippen molar-refractivity contribution in [3.05, 3.63) is 53.3 Å². The van der Waals surface area contributed by atoms with Crippen LogP contribution in [0.5, 0.6) is 5.75 Å². The summed E-state index contributed by atoms with van der Waals surface area (Å²) in [6.45, 7) is 7.80. The van der Waals surface area contributed by atoms with Gasteiger partial charge in [-0.05, 0) is 68.7 Å². The minimum absolute atomic E-state index is 0.202. The summed E-state index contributed by atoms with van der Waals surface area (Å²) in [6.07, 6.45) is 2.76. The third-order valence-corrected chi connectivity index (χ3v) is 5.53. The molecule has 0 bridgehead atoms. The van der Waals surface area contributed by atoms with E-state index < -0.39 is 13.9 Å². The maximum atomic E-state index is 12.9. The fraction of sp³-hybridized carbons (Fsp3) is 0.421. The summed E-state index contributed by atoms with van der Waals surface area (Å²) in [5.74, 6) is 0.232. The van der Waals surface area contributed by atoms with E-state index in [0.29, 0.717) is 17.7 Å². The third-order valence-electron chi connectivity index (χ3n) is 3.87. The van der Waals surface area contributed by atoms with Crippen LogP contribution in [0.4, 0.5) is 5.69 Å². The number of phosphoric ester groups is 1. The number of phenols is 1. The molecular formula is C19H27N2O5P. The standard InChI is InChI=1S/C19H27N2O5P/c1-5-24-27(23,25-6-2)26-18(13-21-17-8-7-9-20-12-17)16-10-14(3)19(22)15(4)11-16/h7-12,18,21-22H,5-6,13H2,1-4H3. The van der Waals surface area contributed by atoms with Crippen LogP contribution in [-0.4, -0.2) is 29.8 Å². The van der Waals surface area contributed by atoms with Crippen molar-refractivity contribution in [1.29, 1.82) is 0 Å². The summed E-state index contributed by atoms with van der Waals surface area (Å²) in [6, 6.07) is 7.31. The smallest absolute Gasteiger partial charge is 0.475 e. The maximum absolute atomic E-state index is 12.9. The van der Waals surface area contributed by atoms with E-state index in [-0.39, 0.29) is 19.0 Å². The summed E-state index contributed by atoms with van der Waals surface area (Å²) in [5, 5.41) is 13.3. The topological polar surface area (TPSA) is 89.9 Å². The minimum atomic E-state index is -3.72. The van der Waals surface area contributed by atoms with E-state index in [1.165, 1.54) is 0 Å². The highest BCUT2D eigenvalue weighted by molar-refractivity contribution is 7.48. The first kappa shape index (κ1) is 21.4. The Morgan fingerprint density at radius 3 is 2.33 bits per heavy atom. The molecule has 0 spiro atoms. The normalized spacial score (nSPS) is 12.7. The first-order chi connectivity index (χ1) is 12.9. The molecule has 2 N–H and O–H groups in total. The minimum Gasteiger partial charge on any atom is -0.507 e. The average Bonchev–Trinajstić information content (AvgIpc) is 2.64. The average molecular weight is 394 g/mol. The van der Waals surface area contributed by atoms with Crippen LogP contribution in [0.3, 0.4) is 0 Å². The van der Waals surface area contributed by atoms with Gasteiger partial charge in [0.25, 0.3) is 0 Å². The van der Waals surface area contributed by atoms with Crippen LogP contribution >= 0.6 is 7.82 Å². The lowest BCUT2D eigenvalue weighted by atomic mass is 10.0. The van der Waals surface area contributed by atoms with Gasteiger partial charge in [0.2, 0.25) is 0 Å². The van der Waals surface area contributed by atoms with Gasteiger partial charge < -0.3 is 10.4 Å². The van der Waals surface area contributed by atoms with Crippen molar-refractivity contribution in [2.75, 3.05) is 25.1 Å². The molecule has 0 radical (unpaired) electrons. The van der Waals surface area contributed by atoms with Gasteiger partial charge in [-0.25, -0.2) is 4.57 Å². The molecule has 0 saturated heterocycles. The molecule has 0 fully saturated rings. The van der Waals surface area contributed by atoms with Crippen molar-refractivity contribution in [3.63, 3.8) is 0 Å². The number of phosphoric acid groups is 1. The Balaban J connectivity index is 2.31. The van der Waals surface area contributed by atoms with Crippen molar-refractivity contribution < 1.29 is 23.2 Å². The second-order valence-electron chi connectivity index (χ2n) is 6.00. The van der Waals surface area contributed by atoms with E-state index in [1.807, 2.05) is 26.0 Å². The Morgan fingerprint density at radius 2 is 1.81 bits per heavy atom. The van der Waals surface area contributed by atoms with Crippen molar-refractivity contribution in [2.45, 2.75) is 33.8 Å². The molecule has 1 aromatic carbocycles. The molecule has 27 heavy (non-hydrogen) atoms. The van der Waals surface area contributed by atoms with Crippen LogP contribution in [-0.2, 0) is 18.1 Å². The SMILES string of the molecule is CCOP(=O)(OCC)OC(CNc1cccnc1)c1cc(C)c(O)c(C)c1. The number of aryl methyl sites for hydroxylation is 2. The molecule has 1 heterocycles. The molecule has 148 valence electrons. The zero-order chi connectivity index (χ0) is 19.9. The number of aromatic nitrogens is 1. The van der Waals surface area contributed by atoms with E-state index >= 15 is 0 Å². The molecule has 2 aromatic rings. The predicted octanol–water partition coefficient (Wildman–Crippen LogP) is 4.75. The number of phenolic OH excluding ortho intramolecular Hbond substituents is 1. The zero-order valence-electron chi connectivity index (χ0n) is 16.1. The summed E-state index contributed by atoms with van der Waals surface area (Å²) in [4.78, 5) is 4.07. The highest BCUT2D eigenvalue weighted by atomic mass is 31.2. The summed E-state index contributed by atoms with van der Waals surface area (Å²) >= 11 is 0. The molecule has 8 heteroatoms. The van der Waals surface area contributed by atoms with Gasteiger partial charge >= 0.3 is 7.82 Å². The lowest BCUT2D eigenvalue weighted by Crippen LogP contribution is -2.17. The number of hydrogen-bond donors (Lipinski definition) is 2. The summed E-state index contributed by atoms with van der Waals surface area (Å²) in [5.41, 5.74) is 2.99. The molecule has 0 aliphatic carbocycles. The van der Waals surface area contributed by atoms with E-state index in [0.717, 1.165) is 11.3 Å². The lowest BCUT2D eigenvalue weighted by molar-refractivity contribution is 0.0883. The molecule has 0 saturated carbocycles. The van der Waals surface area contributed by atoms with Crippen molar-refractivity contribution in [3.8, 4) is 5.75 Å². The molecular weight excluding hydrogens is 367 g/mol. The van der Waals surface area contributed by atoms with Crippen LogP contribution in [0.2, 0.25) is 0 Å². The van der Waals surface area contributed by atoms with Crippen molar-refractivity contribution in [1.82, 2.24) is 4.98 Å². The van der Waals surface area contributed by atoms with Crippen LogP contribution in [0.1, 0.15) is 36.6 Å². The molecule has 0 amide bonds. The van der Waals surface area contributed by atoms with Gasteiger partial charge in [-0.2, -0.15) is 0 Å². The molecule has 1 aromatic heterocycles.